The quantitative estimate of drug-likeness (QED) is 0.415. The highest BCUT2D eigenvalue weighted by Gasteiger charge is 2.33. The molecule has 0 radical (unpaired) electrons. The molecule has 0 saturated heterocycles. The minimum Gasteiger partial charge on any atom is -0.382 e. The van der Waals surface area contributed by atoms with Crippen LogP contribution in [0.1, 0.15) is 44.7 Å². The second-order valence-corrected chi connectivity index (χ2v) is 6.58. The zero-order chi connectivity index (χ0) is 17.1. The van der Waals surface area contributed by atoms with Crippen LogP contribution in [-0.2, 0) is 11.2 Å². The average molecular weight is 332 g/mol. The number of hydrogen-bond donors (Lipinski definition) is 2. The minimum atomic E-state index is 0.369. The Kier molecular flexibility index (Phi) is 8.02. The van der Waals surface area contributed by atoms with E-state index in [4.69, 9.17) is 4.74 Å². The maximum atomic E-state index is 5.59. The lowest BCUT2D eigenvalue weighted by molar-refractivity contribution is 0.105. The average Bonchev–Trinajstić information content (AvgIpc) is 3.08. The molecule has 1 saturated carbocycles. The van der Waals surface area contributed by atoms with Crippen LogP contribution in [0, 0.1) is 5.41 Å². The fraction of sp³-hybridized carbons (Fsp3) is 0.684. The van der Waals surface area contributed by atoms with Crippen LogP contribution >= 0.6 is 0 Å². The van der Waals surface area contributed by atoms with Crippen molar-refractivity contribution in [3.63, 3.8) is 0 Å². The summed E-state index contributed by atoms with van der Waals surface area (Å²) in [6.45, 7) is 5.54. The first-order chi connectivity index (χ1) is 11.8. The van der Waals surface area contributed by atoms with Gasteiger partial charge in [-0.05, 0) is 43.7 Å². The molecule has 1 aliphatic carbocycles. The van der Waals surface area contributed by atoms with Gasteiger partial charge in [0.25, 0.3) is 0 Å². The first-order valence-electron chi connectivity index (χ1n) is 9.20. The summed E-state index contributed by atoms with van der Waals surface area (Å²) in [7, 11) is 1.83. The lowest BCUT2D eigenvalue weighted by Gasteiger charge is -2.30. The molecule has 0 amide bonds. The molecular formula is C19H32N4O. The maximum Gasteiger partial charge on any atom is 0.191 e. The van der Waals surface area contributed by atoms with Gasteiger partial charge in [-0.25, -0.2) is 0 Å². The first-order valence-corrected chi connectivity index (χ1v) is 9.20. The number of nitrogens with one attached hydrogen (secondary N) is 2. The minimum absolute atomic E-state index is 0.369. The summed E-state index contributed by atoms with van der Waals surface area (Å²) in [6.07, 6.45) is 9.12. The zero-order valence-electron chi connectivity index (χ0n) is 15.2. The van der Waals surface area contributed by atoms with Crippen molar-refractivity contribution in [1.82, 2.24) is 15.6 Å². The Labute approximate surface area is 146 Å². The fourth-order valence-electron chi connectivity index (χ4n) is 3.42. The van der Waals surface area contributed by atoms with Crippen molar-refractivity contribution in [1.29, 1.82) is 0 Å². The molecule has 0 unspecified atom stereocenters. The Morgan fingerprint density at radius 1 is 1.29 bits per heavy atom. The Bertz CT molecular complexity index is 483. The van der Waals surface area contributed by atoms with Gasteiger partial charge in [0.1, 0.15) is 0 Å². The SMILES string of the molecule is CCOCCC1(CNC(=NC)NCCc2ccccn2)CCCC1. The van der Waals surface area contributed by atoms with Gasteiger partial charge in [0.2, 0.25) is 0 Å². The highest BCUT2D eigenvalue weighted by Crippen LogP contribution is 2.40. The van der Waals surface area contributed by atoms with Gasteiger partial charge in [-0.1, -0.05) is 18.9 Å². The smallest absolute Gasteiger partial charge is 0.191 e. The predicted octanol–water partition coefficient (Wildman–Crippen LogP) is 2.78. The molecule has 5 nitrogen and oxygen atoms in total. The summed E-state index contributed by atoms with van der Waals surface area (Å²) in [6, 6.07) is 6.03. The van der Waals surface area contributed by atoms with Gasteiger partial charge < -0.3 is 15.4 Å². The molecule has 0 bridgehead atoms. The third-order valence-electron chi connectivity index (χ3n) is 4.90. The number of guanidine groups is 1. The Morgan fingerprint density at radius 2 is 2.12 bits per heavy atom. The van der Waals surface area contributed by atoms with E-state index in [9.17, 15) is 0 Å². The summed E-state index contributed by atoms with van der Waals surface area (Å²) >= 11 is 0. The summed E-state index contributed by atoms with van der Waals surface area (Å²) in [4.78, 5) is 8.70. The number of aliphatic imine (C=N–C) groups is 1. The second kappa shape index (κ2) is 10.3. The summed E-state index contributed by atoms with van der Waals surface area (Å²) in [5.41, 5.74) is 1.47. The Hall–Kier alpha value is -1.62. The number of hydrogen-bond acceptors (Lipinski definition) is 3. The maximum absolute atomic E-state index is 5.59. The van der Waals surface area contributed by atoms with Crippen LogP contribution in [0.4, 0.5) is 0 Å². The lowest BCUT2D eigenvalue weighted by Crippen LogP contribution is -2.44. The Morgan fingerprint density at radius 3 is 2.79 bits per heavy atom. The van der Waals surface area contributed by atoms with E-state index in [1.807, 2.05) is 25.4 Å². The van der Waals surface area contributed by atoms with E-state index < -0.39 is 0 Å². The van der Waals surface area contributed by atoms with E-state index in [1.54, 1.807) is 0 Å². The second-order valence-electron chi connectivity index (χ2n) is 6.58. The van der Waals surface area contributed by atoms with Gasteiger partial charge in [0.15, 0.2) is 5.96 Å². The van der Waals surface area contributed by atoms with Gasteiger partial charge in [-0.2, -0.15) is 0 Å². The third-order valence-corrected chi connectivity index (χ3v) is 4.90. The fourth-order valence-corrected chi connectivity index (χ4v) is 3.42. The van der Waals surface area contributed by atoms with Crippen LogP contribution in [0.3, 0.4) is 0 Å². The molecule has 5 heteroatoms. The number of nitrogens with zero attached hydrogens (tertiary/aromatic N) is 2. The van der Waals surface area contributed by atoms with Gasteiger partial charge in [0, 0.05) is 51.7 Å². The monoisotopic (exact) mass is 332 g/mol. The van der Waals surface area contributed by atoms with Gasteiger partial charge in [-0.3, -0.25) is 9.98 Å². The van der Waals surface area contributed by atoms with Crippen molar-refractivity contribution in [3.8, 4) is 0 Å². The molecule has 1 fully saturated rings. The van der Waals surface area contributed by atoms with E-state index >= 15 is 0 Å². The summed E-state index contributed by atoms with van der Waals surface area (Å²) in [5.74, 6) is 0.883. The van der Waals surface area contributed by atoms with Crippen molar-refractivity contribution in [2.24, 2.45) is 10.4 Å². The molecule has 0 aliphatic heterocycles. The van der Waals surface area contributed by atoms with Crippen LogP contribution in [0.5, 0.6) is 0 Å². The molecule has 1 heterocycles. The zero-order valence-corrected chi connectivity index (χ0v) is 15.2. The van der Waals surface area contributed by atoms with E-state index in [0.717, 1.165) is 50.8 Å². The van der Waals surface area contributed by atoms with Gasteiger partial charge in [-0.15, -0.1) is 0 Å². The van der Waals surface area contributed by atoms with Crippen LogP contribution in [-0.4, -0.2) is 44.3 Å². The van der Waals surface area contributed by atoms with Crippen LogP contribution in [0.15, 0.2) is 29.4 Å². The van der Waals surface area contributed by atoms with E-state index in [1.165, 1.54) is 25.7 Å². The Balaban J connectivity index is 1.74. The van der Waals surface area contributed by atoms with E-state index in [0.29, 0.717) is 5.41 Å². The van der Waals surface area contributed by atoms with Crippen molar-refractivity contribution in [3.05, 3.63) is 30.1 Å². The number of aromatic nitrogens is 1. The van der Waals surface area contributed by atoms with Crippen molar-refractivity contribution >= 4 is 5.96 Å². The summed E-state index contributed by atoms with van der Waals surface area (Å²) < 4.78 is 5.59. The molecule has 2 rings (SSSR count). The molecule has 1 aromatic rings. The van der Waals surface area contributed by atoms with Crippen molar-refractivity contribution in [2.45, 2.75) is 45.4 Å². The van der Waals surface area contributed by atoms with Crippen molar-refractivity contribution in [2.75, 3.05) is 33.4 Å². The molecule has 24 heavy (non-hydrogen) atoms. The molecule has 134 valence electrons. The standard InChI is InChI=1S/C19H32N4O/c1-3-24-15-12-19(10-5-6-11-19)16-23-18(20-2)22-14-9-17-8-4-7-13-21-17/h4,7-8,13H,3,5-6,9-12,14-16H2,1-2H3,(H2,20,22,23). The molecule has 0 atom stereocenters. The molecule has 0 spiro atoms. The van der Waals surface area contributed by atoms with Crippen LogP contribution < -0.4 is 10.6 Å². The van der Waals surface area contributed by atoms with Crippen molar-refractivity contribution < 1.29 is 4.74 Å². The number of ether oxygens (including phenoxy) is 1. The van der Waals surface area contributed by atoms with E-state index in [-0.39, 0.29) is 0 Å². The first kappa shape index (κ1) is 18.7. The summed E-state index contributed by atoms with van der Waals surface area (Å²) in [5, 5.41) is 6.92. The highest BCUT2D eigenvalue weighted by molar-refractivity contribution is 5.79. The number of pyridine rings is 1. The molecule has 1 aliphatic rings. The molecule has 2 N–H and O–H groups in total. The van der Waals surface area contributed by atoms with Crippen LogP contribution in [0.25, 0.3) is 0 Å². The van der Waals surface area contributed by atoms with Crippen LogP contribution in [0.2, 0.25) is 0 Å². The molecular weight excluding hydrogens is 300 g/mol. The molecule has 0 aromatic carbocycles. The highest BCUT2D eigenvalue weighted by atomic mass is 16.5. The predicted molar refractivity (Wildman–Crippen MR) is 99.3 cm³/mol. The lowest BCUT2D eigenvalue weighted by atomic mass is 9.83. The number of rotatable bonds is 9. The van der Waals surface area contributed by atoms with Gasteiger partial charge >= 0.3 is 0 Å². The normalized spacial score (nSPS) is 17.0. The van der Waals surface area contributed by atoms with E-state index in [2.05, 4.69) is 33.6 Å². The third kappa shape index (κ3) is 6.11. The molecule has 1 aromatic heterocycles. The largest absolute Gasteiger partial charge is 0.382 e. The van der Waals surface area contributed by atoms with Gasteiger partial charge in [0.05, 0.1) is 0 Å². The topological polar surface area (TPSA) is 58.5 Å².